The molecular formula is C17H24N4O3. The van der Waals surface area contributed by atoms with E-state index in [0.717, 1.165) is 44.5 Å². The SMILES string of the molecule is Cc1cc(=O)c(C(=O)NC2CCN(CC(=O)NC3CC3)CC2)c[nH]1. The third-order valence-electron chi connectivity index (χ3n) is 4.53. The maximum absolute atomic E-state index is 12.2. The Kier molecular flexibility index (Phi) is 4.99. The first-order chi connectivity index (χ1) is 11.5. The Morgan fingerprint density at radius 3 is 2.46 bits per heavy atom. The summed E-state index contributed by atoms with van der Waals surface area (Å²) >= 11 is 0. The largest absolute Gasteiger partial charge is 0.364 e. The molecule has 1 aromatic heterocycles. The molecule has 0 aromatic carbocycles. The predicted octanol–water partition coefficient (Wildman–Crippen LogP) is 0.156. The van der Waals surface area contributed by atoms with Gasteiger partial charge in [0, 0.05) is 43.1 Å². The number of likely N-dealkylation sites (tertiary alicyclic amines) is 1. The Labute approximate surface area is 140 Å². The molecule has 0 spiro atoms. The number of aromatic amines is 1. The normalized spacial score (nSPS) is 19.0. The third kappa shape index (κ3) is 4.44. The Bertz CT molecular complexity index is 673. The van der Waals surface area contributed by atoms with Crippen LogP contribution in [-0.2, 0) is 4.79 Å². The van der Waals surface area contributed by atoms with Crippen molar-refractivity contribution < 1.29 is 9.59 Å². The van der Waals surface area contributed by atoms with Crippen molar-refractivity contribution in [2.75, 3.05) is 19.6 Å². The number of piperidine rings is 1. The molecule has 0 radical (unpaired) electrons. The molecular weight excluding hydrogens is 308 g/mol. The zero-order valence-corrected chi connectivity index (χ0v) is 13.9. The van der Waals surface area contributed by atoms with Crippen LogP contribution in [0.2, 0.25) is 0 Å². The molecule has 7 nitrogen and oxygen atoms in total. The smallest absolute Gasteiger partial charge is 0.256 e. The second-order valence-electron chi connectivity index (χ2n) is 6.76. The van der Waals surface area contributed by atoms with Crippen LogP contribution >= 0.6 is 0 Å². The van der Waals surface area contributed by atoms with Crippen LogP contribution < -0.4 is 16.1 Å². The molecule has 7 heteroatoms. The van der Waals surface area contributed by atoms with E-state index in [0.29, 0.717) is 12.6 Å². The average molecular weight is 332 g/mol. The number of amides is 2. The number of aromatic nitrogens is 1. The molecule has 1 aromatic rings. The van der Waals surface area contributed by atoms with E-state index in [1.54, 1.807) is 6.92 Å². The molecule has 0 atom stereocenters. The number of H-pyrrole nitrogens is 1. The van der Waals surface area contributed by atoms with Crippen molar-refractivity contribution in [2.45, 2.75) is 44.7 Å². The van der Waals surface area contributed by atoms with Gasteiger partial charge < -0.3 is 15.6 Å². The molecule has 1 aliphatic carbocycles. The van der Waals surface area contributed by atoms with Crippen molar-refractivity contribution in [2.24, 2.45) is 0 Å². The lowest BCUT2D eigenvalue weighted by atomic mass is 10.0. The Hall–Kier alpha value is -2.15. The molecule has 2 amide bonds. The summed E-state index contributed by atoms with van der Waals surface area (Å²) in [5, 5.41) is 5.91. The van der Waals surface area contributed by atoms with Crippen LogP contribution in [0.4, 0.5) is 0 Å². The summed E-state index contributed by atoms with van der Waals surface area (Å²) in [7, 11) is 0. The zero-order chi connectivity index (χ0) is 17.1. The number of aryl methyl sites for hydroxylation is 1. The highest BCUT2D eigenvalue weighted by Gasteiger charge is 2.26. The van der Waals surface area contributed by atoms with Gasteiger partial charge >= 0.3 is 0 Å². The number of nitrogens with zero attached hydrogens (tertiary/aromatic N) is 1. The summed E-state index contributed by atoms with van der Waals surface area (Å²) in [6.45, 7) is 3.74. The van der Waals surface area contributed by atoms with Gasteiger partial charge in [0.05, 0.1) is 6.54 Å². The van der Waals surface area contributed by atoms with Gasteiger partial charge in [-0.1, -0.05) is 0 Å². The fourth-order valence-electron chi connectivity index (χ4n) is 2.95. The van der Waals surface area contributed by atoms with Crippen molar-refractivity contribution in [3.05, 3.63) is 33.7 Å². The number of rotatable bonds is 5. The molecule has 2 heterocycles. The number of carbonyl (C=O) groups is 2. The summed E-state index contributed by atoms with van der Waals surface area (Å²) in [6.07, 6.45) is 5.22. The van der Waals surface area contributed by atoms with Gasteiger partial charge in [0.2, 0.25) is 5.91 Å². The highest BCUT2D eigenvalue weighted by atomic mass is 16.2. The van der Waals surface area contributed by atoms with Crippen LogP contribution in [0.3, 0.4) is 0 Å². The fraction of sp³-hybridized carbons (Fsp3) is 0.588. The number of hydrogen-bond donors (Lipinski definition) is 3. The standard InChI is InChI=1S/C17H24N4O3/c1-11-8-15(22)14(9-18-11)17(24)20-13-4-6-21(7-5-13)10-16(23)19-12-2-3-12/h8-9,12-13H,2-7,10H2,1H3,(H,18,22)(H,19,23)(H,20,24). The maximum atomic E-state index is 12.2. The van der Waals surface area contributed by atoms with Gasteiger partial charge in [-0.05, 0) is 32.6 Å². The fourth-order valence-corrected chi connectivity index (χ4v) is 2.95. The van der Waals surface area contributed by atoms with Crippen LogP contribution in [0.15, 0.2) is 17.1 Å². The van der Waals surface area contributed by atoms with E-state index in [1.165, 1.54) is 12.3 Å². The second kappa shape index (κ2) is 7.17. The van der Waals surface area contributed by atoms with E-state index >= 15 is 0 Å². The van der Waals surface area contributed by atoms with E-state index < -0.39 is 0 Å². The lowest BCUT2D eigenvalue weighted by Crippen LogP contribution is -2.48. The average Bonchev–Trinajstić information content (AvgIpc) is 3.33. The molecule has 1 saturated carbocycles. The molecule has 3 N–H and O–H groups in total. The summed E-state index contributed by atoms with van der Waals surface area (Å²) in [5.41, 5.74) is 0.610. The van der Waals surface area contributed by atoms with Crippen LogP contribution in [0.5, 0.6) is 0 Å². The highest BCUT2D eigenvalue weighted by Crippen LogP contribution is 2.18. The monoisotopic (exact) mass is 332 g/mol. The number of hydrogen-bond acceptors (Lipinski definition) is 4. The van der Waals surface area contributed by atoms with Crippen molar-refractivity contribution in [3.8, 4) is 0 Å². The van der Waals surface area contributed by atoms with Crippen LogP contribution in [0.25, 0.3) is 0 Å². The Balaban J connectivity index is 1.45. The van der Waals surface area contributed by atoms with E-state index in [9.17, 15) is 14.4 Å². The van der Waals surface area contributed by atoms with Crippen molar-refractivity contribution >= 4 is 11.8 Å². The van der Waals surface area contributed by atoms with Crippen LogP contribution in [0.1, 0.15) is 41.7 Å². The van der Waals surface area contributed by atoms with Gasteiger partial charge in [0.15, 0.2) is 5.43 Å². The molecule has 1 aliphatic heterocycles. The van der Waals surface area contributed by atoms with E-state index in [1.807, 2.05) is 0 Å². The van der Waals surface area contributed by atoms with Gasteiger partial charge in [-0.25, -0.2) is 0 Å². The molecule has 3 rings (SSSR count). The minimum Gasteiger partial charge on any atom is -0.364 e. The van der Waals surface area contributed by atoms with E-state index in [-0.39, 0.29) is 28.8 Å². The molecule has 0 bridgehead atoms. The van der Waals surface area contributed by atoms with Gasteiger partial charge in [-0.3, -0.25) is 19.3 Å². The first kappa shape index (κ1) is 16.7. The highest BCUT2D eigenvalue weighted by molar-refractivity contribution is 5.94. The van der Waals surface area contributed by atoms with E-state index in [2.05, 4.69) is 20.5 Å². The minimum atomic E-state index is -0.332. The van der Waals surface area contributed by atoms with Crippen LogP contribution in [0, 0.1) is 6.92 Å². The first-order valence-electron chi connectivity index (χ1n) is 8.53. The summed E-state index contributed by atoms with van der Waals surface area (Å²) in [4.78, 5) is 40.9. The number of nitrogens with one attached hydrogen (secondary N) is 3. The third-order valence-corrected chi connectivity index (χ3v) is 4.53. The van der Waals surface area contributed by atoms with Crippen molar-refractivity contribution in [3.63, 3.8) is 0 Å². The summed E-state index contributed by atoms with van der Waals surface area (Å²) < 4.78 is 0. The number of carbonyl (C=O) groups excluding carboxylic acids is 2. The lowest BCUT2D eigenvalue weighted by molar-refractivity contribution is -0.122. The second-order valence-corrected chi connectivity index (χ2v) is 6.76. The van der Waals surface area contributed by atoms with Gasteiger partial charge in [-0.15, -0.1) is 0 Å². The molecule has 0 unspecified atom stereocenters. The van der Waals surface area contributed by atoms with Gasteiger partial charge in [-0.2, -0.15) is 0 Å². The first-order valence-corrected chi connectivity index (χ1v) is 8.53. The Morgan fingerprint density at radius 1 is 1.17 bits per heavy atom. The van der Waals surface area contributed by atoms with Gasteiger partial charge in [0.1, 0.15) is 5.56 Å². The predicted molar refractivity (Wildman–Crippen MR) is 89.9 cm³/mol. The van der Waals surface area contributed by atoms with Crippen molar-refractivity contribution in [1.29, 1.82) is 0 Å². The number of pyridine rings is 1. The van der Waals surface area contributed by atoms with E-state index in [4.69, 9.17) is 0 Å². The summed E-state index contributed by atoms with van der Waals surface area (Å²) in [6, 6.07) is 1.86. The Morgan fingerprint density at radius 2 is 1.83 bits per heavy atom. The molecule has 1 saturated heterocycles. The molecule has 130 valence electrons. The summed E-state index contributed by atoms with van der Waals surface area (Å²) in [5.74, 6) is -0.243. The van der Waals surface area contributed by atoms with Gasteiger partial charge in [0.25, 0.3) is 5.91 Å². The quantitative estimate of drug-likeness (QED) is 0.716. The van der Waals surface area contributed by atoms with Crippen molar-refractivity contribution in [1.82, 2.24) is 20.5 Å². The van der Waals surface area contributed by atoms with Crippen LogP contribution in [-0.4, -0.2) is 53.4 Å². The maximum Gasteiger partial charge on any atom is 0.256 e. The molecule has 2 aliphatic rings. The topological polar surface area (TPSA) is 94.3 Å². The molecule has 2 fully saturated rings. The molecule has 24 heavy (non-hydrogen) atoms. The lowest BCUT2D eigenvalue weighted by Gasteiger charge is -2.31. The zero-order valence-electron chi connectivity index (χ0n) is 13.9. The minimum absolute atomic E-state index is 0.0425.